The summed E-state index contributed by atoms with van der Waals surface area (Å²) in [5.74, 6) is 1.34. The molecule has 128 valence electrons. The molecule has 7 nitrogen and oxygen atoms in total. The molecule has 1 aliphatic carbocycles. The lowest BCUT2D eigenvalue weighted by Crippen LogP contribution is -2.30. The molecule has 2 aromatic heterocycles. The first-order chi connectivity index (χ1) is 12.2. The second-order valence-corrected chi connectivity index (χ2v) is 6.30. The highest BCUT2D eigenvalue weighted by Gasteiger charge is 2.43. The first kappa shape index (κ1) is 15.6. The molecule has 0 unspecified atom stereocenters. The first-order valence-electron chi connectivity index (χ1n) is 8.43. The molecule has 1 saturated carbocycles. The maximum absolute atomic E-state index is 12.2. The third-order valence-electron chi connectivity index (χ3n) is 4.60. The van der Waals surface area contributed by atoms with Gasteiger partial charge in [-0.1, -0.05) is 30.3 Å². The van der Waals surface area contributed by atoms with Crippen molar-refractivity contribution in [3.8, 4) is 0 Å². The van der Waals surface area contributed by atoms with Gasteiger partial charge >= 0.3 is 0 Å². The molecule has 7 heteroatoms. The molecule has 0 aliphatic heterocycles. The number of nitrogens with zero attached hydrogens (tertiary/aromatic N) is 4. The Kier molecular flexibility index (Phi) is 4.05. The molecule has 0 saturated heterocycles. The Balaban J connectivity index is 1.26. The van der Waals surface area contributed by atoms with E-state index in [1.807, 2.05) is 25.2 Å². The summed E-state index contributed by atoms with van der Waals surface area (Å²) in [5.41, 5.74) is 2.03. The molecule has 2 atom stereocenters. The van der Waals surface area contributed by atoms with Crippen LogP contribution in [0, 0.1) is 5.92 Å². The van der Waals surface area contributed by atoms with Gasteiger partial charge in [0.1, 0.15) is 12.1 Å². The number of rotatable bonds is 6. The van der Waals surface area contributed by atoms with Gasteiger partial charge in [0.25, 0.3) is 0 Å². The number of hydrogen-bond donors (Lipinski definition) is 2. The Morgan fingerprint density at radius 3 is 2.92 bits per heavy atom. The Morgan fingerprint density at radius 2 is 2.08 bits per heavy atom. The monoisotopic (exact) mass is 336 g/mol. The molecular weight excluding hydrogens is 316 g/mol. The van der Waals surface area contributed by atoms with Crippen LogP contribution in [-0.2, 0) is 11.8 Å². The minimum absolute atomic E-state index is 0.103. The van der Waals surface area contributed by atoms with E-state index >= 15 is 0 Å². The molecule has 1 aliphatic rings. The summed E-state index contributed by atoms with van der Waals surface area (Å²) in [6.07, 6.45) is 4.19. The summed E-state index contributed by atoms with van der Waals surface area (Å²) in [6.45, 7) is 1.16. The van der Waals surface area contributed by atoms with Gasteiger partial charge in [-0.2, -0.15) is 5.10 Å². The highest BCUT2D eigenvalue weighted by Crippen LogP contribution is 2.47. The van der Waals surface area contributed by atoms with Crippen LogP contribution in [0.5, 0.6) is 0 Å². The zero-order valence-corrected chi connectivity index (χ0v) is 14.0. The van der Waals surface area contributed by atoms with Crippen molar-refractivity contribution in [3.05, 3.63) is 48.4 Å². The van der Waals surface area contributed by atoms with E-state index in [0.29, 0.717) is 19.0 Å². The zero-order chi connectivity index (χ0) is 17.2. The minimum Gasteiger partial charge on any atom is -0.368 e. The predicted octanol–water partition coefficient (Wildman–Crippen LogP) is 1.70. The van der Waals surface area contributed by atoms with Crippen LogP contribution in [0.3, 0.4) is 0 Å². The summed E-state index contributed by atoms with van der Waals surface area (Å²) < 4.78 is 1.71. The van der Waals surface area contributed by atoms with Crippen LogP contribution in [-0.4, -0.2) is 38.7 Å². The van der Waals surface area contributed by atoms with Crippen LogP contribution in [0.4, 0.5) is 5.82 Å². The average molecular weight is 336 g/mol. The molecule has 25 heavy (non-hydrogen) atoms. The summed E-state index contributed by atoms with van der Waals surface area (Å²) >= 11 is 0. The molecule has 1 aromatic carbocycles. The molecule has 2 N–H and O–H groups in total. The predicted molar refractivity (Wildman–Crippen MR) is 95.1 cm³/mol. The van der Waals surface area contributed by atoms with Crippen LogP contribution in [0.15, 0.2) is 42.9 Å². The fraction of sp³-hybridized carbons (Fsp3) is 0.333. The van der Waals surface area contributed by atoms with Crippen molar-refractivity contribution in [2.24, 2.45) is 13.0 Å². The van der Waals surface area contributed by atoms with E-state index in [0.717, 1.165) is 23.3 Å². The van der Waals surface area contributed by atoms with Gasteiger partial charge in [-0.3, -0.25) is 9.48 Å². The molecule has 3 aromatic rings. The third kappa shape index (κ3) is 3.17. The van der Waals surface area contributed by atoms with Crippen molar-refractivity contribution >= 4 is 22.8 Å². The Bertz CT molecular complexity index is 891. The van der Waals surface area contributed by atoms with Crippen molar-refractivity contribution in [2.45, 2.75) is 12.3 Å². The molecular formula is C18H20N6O. The lowest BCUT2D eigenvalue weighted by Gasteiger charge is -2.08. The SMILES string of the molecule is Cn1ncc2c(NCCNC(=O)[C@@H]3C[C@H]3c3ccccc3)ncnc21. The number of hydrogen-bond acceptors (Lipinski definition) is 5. The molecule has 1 amide bonds. The molecule has 4 rings (SSSR count). The van der Waals surface area contributed by atoms with E-state index in [1.54, 1.807) is 10.9 Å². The van der Waals surface area contributed by atoms with Gasteiger partial charge in [-0.05, 0) is 17.9 Å². The number of fused-ring (bicyclic) bond motifs is 1. The van der Waals surface area contributed by atoms with Gasteiger partial charge in [-0.15, -0.1) is 0 Å². The van der Waals surface area contributed by atoms with Crippen LogP contribution in [0.1, 0.15) is 17.9 Å². The Hall–Kier alpha value is -2.96. The standard InChI is InChI=1S/C18H20N6O/c1-24-17-15(10-23-24)16(21-11-22-17)19-7-8-20-18(25)14-9-13(14)12-5-3-2-4-6-12/h2-6,10-11,13-14H,7-9H2,1H3,(H,20,25)(H,19,21,22)/t13-,14+/m0/s1. The average Bonchev–Trinajstić information content (AvgIpc) is 3.37. The maximum Gasteiger partial charge on any atom is 0.223 e. The normalized spacial score (nSPS) is 18.9. The van der Waals surface area contributed by atoms with Gasteiger partial charge in [-0.25, -0.2) is 9.97 Å². The van der Waals surface area contributed by atoms with Gasteiger partial charge in [0.2, 0.25) is 5.91 Å². The third-order valence-corrected chi connectivity index (χ3v) is 4.60. The largest absolute Gasteiger partial charge is 0.368 e. The molecule has 0 radical (unpaired) electrons. The smallest absolute Gasteiger partial charge is 0.223 e. The van der Waals surface area contributed by atoms with Gasteiger partial charge in [0, 0.05) is 26.1 Å². The number of amides is 1. The van der Waals surface area contributed by atoms with Crippen molar-refractivity contribution < 1.29 is 4.79 Å². The summed E-state index contributed by atoms with van der Waals surface area (Å²) in [4.78, 5) is 20.7. The summed E-state index contributed by atoms with van der Waals surface area (Å²) in [6, 6.07) is 10.2. The van der Waals surface area contributed by atoms with E-state index < -0.39 is 0 Å². The Labute approximate surface area is 145 Å². The number of aromatic nitrogens is 4. The van der Waals surface area contributed by atoms with Crippen molar-refractivity contribution in [3.63, 3.8) is 0 Å². The lowest BCUT2D eigenvalue weighted by atomic mass is 10.1. The quantitative estimate of drug-likeness (QED) is 0.669. The van der Waals surface area contributed by atoms with E-state index in [2.05, 4.69) is 37.8 Å². The van der Waals surface area contributed by atoms with Gasteiger partial charge in [0.05, 0.1) is 11.6 Å². The van der Waals surface area contributed by atoms with E-state index in [1.165, 1.54) is 11.9 Å². The van der Waals surface area contributed by atoms with Crippen molar-refractivity contribution in [2.75, 3.05) is 18.4 Å². The van der Waals surface area contributed by atoms with E-state index in [4.69, 9.17) is 0 Å². The van der Waals surface area contributed by atoms with Gasteiger partial charge < -0.3 is 10.6 Å². The second kappa shape index (κ2) is 6.51. The molecule has 0 spiro atoms. The second-order valence-electron chi connectivity index (χ2n) is 6.30. The fourth-order valence-corrected chi connectivity index (χ4v) is 3.15. The summed E-state index contributed by atoms with van der Waals surface area (Å²) in [7, 11) is 1.85. The van der Waals surface area contributed by atoms with Crippen LogP contribution in [0.25, 0.3) is 11.0 Å². The van der Waals surface area contributed by atoms with E-state index in [-0.39, 0.29) is 11.8 Å². The zero-order valence-electron chi connectivity index (χ0n) is 14.0. The van der Waals surface area contributed by atoms with E-state index in [9.17, 15) is 4.79 Å². The highest BCUT2D eigenvalue weighted by molar-refractivity contribution is 5.86. The lowest BCUT2D eigenvalue weighted by molar-refractivity contribution is -0.122. The van der Waals surface area contributed by atoms with Gasteiger partial charge in [0.15, 0.2) is 5.65 Å². The first-order valence-corrected chi connectivity index (χ1v) is 8.43. The fourth-order valence-electron chi connectivity index (χ4n) is 3.15. The van der Waals surface area contributed by atoms with Crippen LogP contribution in [0.2, 0.25) is 0 Å². The number of anilines is 1. The topological polar surface area (TPSA) is 84.7 Å². The Morgan fingerprint density at radius 1 is 1.24 bits per heavy atom. The molecule has 2 heterocycles. The number of benzene rings is 1. The minimum atomic E-state index is 0.103. The number of nitrogens with one attached hydrogen (secondary N) is 2. The van der Waals surface area contributed by atoms with Crippen molar-refractivity contribution in [1.82, 2.24) is 25.1 Å². The number of carbonyl (C=O) groups is 1. The van der Waals surface area contributed by atoms with Crippen molar-refractivity contribution in [1.29, 1.82) is 0 Å². The molecule has 0 bridgehead atoms. The van der Waals surface area contributed by atoms with Crippen LogP contribution >= 0.6 is 0 Å². The number of carbonyl (C=O) groups excluding carboxylic acids is 1. The number of aryl methyl sites for hydroxylation is 1. The summed E-state index contributed by atoms with van der Waals surface area (Å²) in [5, 5.41) is 11.3. The molecule has 1 fully saturated rings. The maximum atomic E-state index is 12.2. The highest BCUT2D eigenvalue weighted by atomic mass is 16.2. The van der Waals surface area contributed by atoms with Crippen LogP contribution < -0.4 is 10.6 Å².